The van der Waals surface area contributed by atoms with E-state index in [-0.39, 0.29) is 6.42 Å². The topological polar surface area (TPSA) is 49.3 Å². The summed E-state index contributed by atoms with van der Waals surface area (Å²) in [7, 11) is 0. The van der Waals surface area contributed by atoms with Gasteiger partial charge in [-0.25, -0.2) is 0 Å². The minimum atomic E-state index is -0.780. The highest BCUT2D eigenvalue weighted by molar-refractivity contribution is 14.1. The first-order valence-electron chi connectivity index (χ1n) is 4.00. The molecule has 0 saturated carbocycles. The van der Waals surface area contributed by atoms with Crippen molar-refractivity contribution in [2.75, 3.05) is 11.9 Å². The minimum absolute atomic E-state index is 0.141. The van der Waals surface area contributed by atoms with Crippen molar-refractivity contribution in [3.05, 3.63) is 25.3 Å². The highest BCUT2D eigenvalue weighted by Gasteiger charge is 2.00. The van der Waals surface area contributed by atoms with E-state index in [4.69, 9.17) is 5.11 Å². The lowest BCUT2D eigenvalue weighted by atomic mass is 10.3. The fourth-order valence-electron chi connectivity index (χ4n) is 0.937. The second kappa shape index (κ2) is 5.74. The van der Waals surface area contributed by atoms with E-state index in [2.05, 4.69) is 50.5 Å². The smallest absolute Gasteiger partial charge is 0.305 e. The number of benzene rings is 1. The van der Waals surface area contributed by atoms with Crippen LogP contribution in [-0.2, 0) is 4.79 Å². The second-order valence-electron chi connectivity index (χ2n) is 2.69. The molecule has 0 spiro atoms. The fraction of sp³-hybridized carbons (Fsp3) is 0.222. The largest absolute Gasteiger partial charge is 0.481 e. The Morgan fingerprint density at radius 2 is 2.14 bits per heavy atom. The number of hydrogen-bond acceptors (Lipinski definition) is 2. The molecule has 2 N–H and O–H groups in total. The molecule has 14 heavy (non-hydrogen) atoms. The molecule has 0 fully saturated rings. The van der Waals surface area contributed by atoms with Crippen molar-refractivity contribution in [3.63, 3.8) is 0 Å². The van der Waals surface area contributed by atoms with Gasteiger partial charge in [-0.1, -0.05) is 0 Å². The predicted molar refractivity (Wildman–Crippen MR) is 72.6 cm³/mol. The van der Waals surface area contributed by atoms with E-state index in [9.17, 15) is 4.79 Å². The molecule has 3 nitrogen and oxygen atoms in total. The van der Waals surface area contributed by atoms with Gasteiger partial charge in [0.25, 0.3) is 0 Å². The summed E-state index contributed by atoms with van der Waals surface area (Å²) in [5.41, 5.74) is 0.993. The lowest BCUT2D eigenvalue weighted by Crippen LogP contribution is -2.08. The van der Waals surface area contributed by atoms with Crippen LogP contribution < -0.4 is 5.32 Å². The van der Waals surface area contributed by atoms with Crippen LogP contribution in [0.5, 0.6) is 0 Å². The monoisotopic (exact) mass is 417 g/mol. The zero-order valence-corrected chi connectivity index (χ0v) is 11.6. The van der Waals surface area contributed by atoms with Gasteiger partial charge >= 0.3 is 5.97 Å². The molecule has 0 radical (unpaired) electrons. The maximum atomic E-state index is 10.3. The molecule has 1 rings (SSSR count). The summed E-state index contributed by atoms with van der Waals surface area (Å²) >= 11 is 4.47. The highest BCUT2D eigenvalue weighted by Crippen LogP contribution is 2.20. The fourth-order valence-corrected chi connectivity index (χ4v) is 2.73. The van der Waals surface area contributed by atoms with E-state index in [1.807, 2.05) is 18.2 Å². The number of halogens is 2. The molecule has 0 saturated heterocycles. The average molecular weight is 417 g/mol. The second-order valence-corrected chi connectivity index (χ2v) is 5.10. The number of carboxylic acids is 1. The number of carbonyl (C=O) groups is 1. The third-order valence-electron chi connectivity index (χ3n) is 1.59. The van der Waals surface area contributed by atoms with E-state index < -0.39 is 5.97 Å². The van der Waals surface area contributed by atoms with E-state index in [0.717, 1.165) is 9.26 Å². The molecule has 1 aromatic rings. The van der Waals surface area contributed by atoms with Crippen LogP contribution in [-0.4, -0.2) is 17.6 Å². The van der Waals surface area contributed by atoms with Crippen LogP contribution in [0.3, 0.4) is 0 Å². The van der Waals surface area contributed by atoms with Crippen LogP contribution in [0.25, 0.3) is 0 Å². The van der Waals surface area contributed by atoms with Gasteiger partial charge in [0.15, 0.2) is 0 Å². The number of anilines is 1. The zero-order chi connectivity index (χ0) is 10.6. The summed E-state index contributed by atoms with van der Waals surface area (Å²) < 4.78 is 2.29. The molecule has 0 unspecified atom stereocenters. The Morgan fingerprint density at radius 1 is 1.43 bits per heavy atom. The van der Waals surface area contributed by atoms with Gasteiger partial charge < -0.3 is 10.4 Å². The molecular weight excluding hydrogens is 408 g/mol. The first kappa shape index (κ1) is 12.0. The summed E-state index contributed by atoms with van der Waals surface area (Å²) in [6.45, 7) is 0.464. The van der Waals surface area contributed by atoms with Crippen molar-refractivity contribution in [2.24, 2.45) is 0 Å². The zero-order valence-electron chi connectivity index (χ0n) is 7.26. The Hall–Kier alpha value is -0.0500. The van der Waals surface area contributed by atoms with Crippen molar-refractivity contribution >= 4 is 56.8 Å². The maximum absolute atomic E-state index is 10.3. The van der Waals surface area contributed by atoms with Crippen molar-refractivity contribution in [1.82, 2.24) is 0 Å². The van der Waals surface area contributed by atoms with Crippen LogP contribution in [0.15, 0.2) is 18.2 Å². The molecule has 0 aliphatic heterocycles. The van der Waals surface area contributed by atoms with Gasteiger partial charge in [-0.2, -0.15) is 0 Å². The van der Waals surface area contributed by atoms with Gasteiger partial charge in [0.1, 0.15) is 0 Å². The molecule has 0 amide bonds. The van der Waals surface area contributed by atoms with E-state index in [1.54, 1.807) is 0 Å². The molecule has 0 heterocycles. The first-order valence-corrected chi connectivity index (χ1v) is 6.16. The Kier molecular flexibility index (Phi) is 4.93. The molecule has 0 atom stereocenters. The number of rotatable bonds is 4. The number of nitrogens with one attached hydrogen (secondary N) is 1. The van der Waals surface area contributed by atoms with Crippen LogP contribution >= 0.6 is 45.2 Å². The Morgan fingerprint density at radius 3 is 2.71 bits per heavy atom. The Bertz CT molecular complexity index is 342. The number of hydrogen-bond donors (Lipinski definition) is 2. The standard InChI is InChI=1S/C9H9I2NO2/c10-6-1-2-8(7(11)5-6)12-4-3-9(13)14/h1-2,5,12H,3-4H2,(H,13,14). The number of carboxylic acid groups (broad SMARTS) is 1. The summed E-state index contributed by atoms with van der Waals surface area (Å²) in [6.07, 6.45) is 0.141. The van der Waals surface area contributed by atoms with Gasteiger partial charge in [0, 0.05) is 19.4 Å². The summed E-state index contributed by atoms with van der Waals surface area (Å²) in [5.74, 6) is -0.780. The molecule has 0 aliphatic carbocycles. The quantitative estimate of drug-likeness (QED) is 0.742. The SMILES string of the molecule is O=C(O)CCNc1ccc(I)cc1I. The van der Waals surface area contributed by atoms with Crippen molar-refractivity contribution in [1.29, 1.82) is 0 Å². The summed E-state index contributed by atoms with van der Waals surface area (Å²) in [6, 6.07) is 6.00. The lowest BCUT2D eigenvalue weighted by Gasteiger charge is -2.07. The maximum Gasteiger partial charge on any atom is 0.305 e. The Balaban J connectivity index is 2.55. The van der Waals surface area contributed by atoms with Gasteiger partial charge in [-0.05, 0) is 63.4 Å². The van der Waals surface area contributed by atoms with Gasteiger partial charge in [-0.3, -0.25) is 4.79 Å². The van der Waals surface area contributed by atoms with E-state index in [1.165, 1.54) is 3.57 Å². The van der Waals surface area contributed by atoms with Crippen molar-refractivity contribution in [2.45, 2.75) is 6.42 Å². The van der Waals surface area contributed by atoms with Crippen molar-refractivity contribution in [3.8, 4) is 0 Å². The van der Waals surface area contributed by atoms with Crippen LogP contribution in [0.2, 0.25) is 0 Å². The molecule has 0 aliphatic rings. The first-order chi connectivity index (χ1) is 6.59. The highest BCUT2D eigenvalue weighted by atomic mass is 127. The van der Waals surface area contributed by atoms with Crippen LogP contribution in [0.1, 0.15) is 6.42 Å². The Labute approximate surface area is 110 Å². The van der Waals surface area contributed by atoms with Gasteiger partial charge in [0.2, 0.25) is 0 Å². The van der Waals surface area contributed by atoms with Crippen LogP contribution in [0, 0.1) is 7.14 Å². The normalized spacial score (nSPS) is 9.86. The van der Waals surface area contributed by atoms with Gasteiger partial charge in [-0.15, -0.1) is 0 Å². The van der Waals surface area contributed by atoms with E-state index >= 15 is 0 Å². The van der Waals surface area contributed by atoms with Crippen LogP contribution in [0.4, 0.5) is 5.69 Å². The minimum Gasteiger partial charge on any atom is -0.481 e. The summed E-state index contributed by atoms with van der Waals surface area (Å²) in [5, 5.41) is 11.5. The lowest BCUT2D eigenvalue weighted by molar-refractivity contribution is -0.136. The van der Waals surface area contributed by atoms with Gasteiger partial charge in [0.05, 0.1) is 6.42 Å². The average Bonchev–Trinajstić information content (AvgIpc) is 2.08. The molecule has 5 heteroatoms. The number of aliphatic carboxylic acids is 1. The van der Waals surface area contributed by atoms with Crippen molar-refractivity contribution < 1.29 is 9.90 Å². The third-order valence-corrected chi connectivity index (χ3v) is 3.15. The summed E-state index contributed by atoms with van der Waals surface area (Å²) in [4.78, 5) is 10.3. The molecule has 76 valence electrons. The third kappa shape index (κ3) is 3.99. The molecule has 0 aromatic heterocycles. The molecular formula is C9H9I2NO2. The molecule has 0 bridgehead atoms. The predicted octanol–water partition coefficient (Wildman–Crippen LogP) is 2.78. The van der Waals surface area contributed by atoms with E-state index in [0.29, 0.717) is 6.54 Å². The molecule has 1 aromatic carbocycles.